The maximum atomic E-state index is 6.23. The highest BCUT2D eigenvalue weighted by Crippen LogP contribution is 2.31. The van der Waals surface area contributed by atoms with Gasteiger partial charge >= 0.3 is 0 Å². The molecular weight excluding hydrogens is 212 g/mol. The Hall–Kier alpha value is -0.900. The van der Waals surface area contributed by atoms with E-state index in [1.807, 2.05) is 0 Å². The van der Waals surface area contributed by atoms with Crippen molar-refractivity contribution < 1.29 is 4.74 Å². The Morgan fingerprint density at radius 3 is 3.00 bits per heavy atom. The average molecular weight is 234 g/mol. The molecule has 1 aliphatic rings. The Morgan fingerprint density at radius 2 is 2.29 bits per heavy atom. The summed E-state index contributed by atoms with van der Waals surface area (Å²) < 4.78 is 5.18. The van der Waals surface area contributed by atoms with Gasteiger partial charge in [0.2, 0.25) is 0 Å². The molecule has 1 saturated heterocycles. The molecule has 2 unspecified atom stereocenters. The molecule has 0 spiro atoms. The summed E-state index contributed by atoms with van der Waals surface area (Å²) in [5.41, 5.74) is 8.78. The number of rotatable bonds is 4. The molecule has 0 radical (unpaired) electrons. The first-order valence-corrected chi connectivity index (χ1v) is 6.33. The first kappa shape index (κ1) is 12.6. The van der Waals surface area contributed by atoms with Gasteiger partial charge in [0.1, 0.15) is 0 Å². The van der Waals surface area contributed by atoms with Crippen molar-refractivity contribution in [2.45, 2.75) is 32.0 Å². The van der Waals surface area contributed by atoms with Crippen LogP contribution in [0.1, 0.15) is 30.5 Å². The SMILES string of the molecule is CCN1CCC(N)C1c1cccc(COC)c1. The first-order chi connectivity index (χ1) is 8.26. The molecule has 1 aromatic rings. The predicted molar refractivity (Wildman–Crippen MR) is 69.7 cm³/mol. The highest BCUT2D eigenvalue weighted by molar-refractivity contribution is 5.27. The number of nitrogens with zero attached hydrogens (tertiary/aromatic N) is 1. The Morgan fingerprint density at radius 1 is 1.47 bits per heavy atom. The van der Waals surface area contributed by atoms with Crippen molar-refractivity contribution in [1.82, 2.24) is 4.90 Å². The topological polar surface area (TPSA) is 38.5 Å². The Balaban J connectivity index is 2.22. The minimum atomic E-state index is 0.257. The third-order valence-corrected chi connectivity index (χ3v) is 3.56. The summed E-state index contributed by atoms with van der Waals surface area (Å²) in [6.45, 7) is 5.04. The fourth-order valence-corrected chi connectivity index (χ4v) is 2.73. The van der Waals surface area contributed by atoms with E-state index in [9.17, 15) is 0 Å². The summed E-state index contributed by atoms with van der Waals surface area (Å²) in [6.07, 6.45) is 1.09. The molecule has 2 rings (SSSR count). The van der Waals surface area contributed by atoms with Gasteiger partial charge in [-0.25, -0.2) is 0 Å². The third-order valence-electron chi connectivity index (χ3n) is 3.56. The zero-order chi connectivity index (χ0) is 12.3. The number of hydrogen-bond donors (Lipinski definition) is 1. The van der Waals surface area contributed by atoms with Gasteiger partial charge in [0.05, 0.1) is 6.61 Å². The molecule has 1 heterocycles. The monoisotopic (exact) mass is 234 g/mol. The van der Waals surface area contributed by atoms with Crippen molar-refractivity contribution in [3.63, 3.8) is 0 Å². The molecule has 1 fully saturated rings. The summed E-state index contributed by atoms with van der Waals surface area (Å²) in [5.74, 6) is 0. The molecule has 1 aromatic carbocycles. The summed E-state index contributed by atoms with van der Waals surface area (Å²) in [5, 5.41) is 0. The van der Waals surface area contributed by atoms with Crippen LogP contribution < -0.4 is 5.73 Å². The maximum Gasteiger partial charge on any atom is 0.0713 e. The average Bonchev–Trinajstić information content (AvgIpc) is 2.71. The molecule has 3 heteroatoms. The van der Waals surface area contributed by atoms with Gasteiger partial charge in [-0.3, -0.25) is 4.90 Å². The van der Waals surface area contributed by atoms with Gasteiger partial charge in [-0.2, -0.15) is 0 Å². The van der Waals surface area contributed by atoms with Crippen molar-refractivity contribution in [2.24, 2.45) is 5.73 Å². The van der Waals surface area contributed by atoms with Crippen molar-refractivity contribution >= 4 is 0 Å². The molecule has 0 aliphatic carbocycles. The van der Waals surface area contributed by atoms with Crippen LogP contribution in [0.25, 0.3) is 0 Å². The molecule has 0 aromatic heterocycles. The van der Waals surface area contributed by atoms with Crippen molar-refractivity contribution in [3.8, 4) is 0 Å². The molecule has 1 aliphatic heterocycles. The second-order valence-corrected chi connectivity index (χ2v) is 4.70. The largest absolute Gasteiger partial charge is 0.380 e. The summed E-state index contributed by atoms with van der Waals surface area (Å²) in [6, 6.07) is 9.23. The molecular formula is C14H22N2O. The van der Waals surface area contributed by atoms with Crippen LogP contribution in [-0.4, -0.2) is 31.1 Å². The van der Waals surface area contributed by atoms with Gasteiger partial charge < -0.3 is 10.5 Å². The molecule has 94 valence electrons. The Kier molecular flexibility index (Phi) is 4.15. The lowest BCUT2D eigenvalue weighted by atomic mass is 9.99. The van der Waals surface area contributed by atoms with E-state index in [1.165, 1.54) is 11.1 Å². The lowest BCUT2D eigenvalue weighted by Crippen LogP contribution is -2.31. The number of nitrogens with two attached hydrogens (primary N) is 1. The lowest BCUT2D eigenvalue weighted by Gasteiger charge is -2.26. The molecule has 2 N–H and O–H groups in total. The smallest absolute Gasteiger partial charge is 0.0713 e. The summed E-state index contributed by atoms with van der Waals surface area (Å²) >= 11 is 0. The zero-order valence-electron chi connectivity index (χ0n) is 10.7. The molecule has 17 heavy (non-hydrogen) atoms. The van der Waals surface area contributed by atoms with E-state index in [4.69, 9.17) is 10.5 Å². The van der Waals surface area contributed by atoms with Gasteiger partial charge in [-0.05, 0) is 24.1 Å². The number of likely N-dealkylation sites (N-methyl/N-ethyl adjacent to an activating group) is 1. The van der Waals surface area contributed by atoms with Crippen LogP contribution in [0.3, 0.4) is 0 Å². The van der Waals surface area contributed by atoms with Crippen molar-refractivity contribution in [1.29, 1.82) is 0 Å². The summed E-state index contributed by atoms with van der Waals surface area (Å²) in [4.78, 5) is 2.45. The molecule has 3 nitrogen and oxygen atoms in total. The molecule has 2 atom stereocenters. The minimum absolute atomic E-state index is 0.257. The van der Waals surface area contributed by atoms with Crippen molar-refractivity contribution in [2.75, 3.05) is 20.2 Å². The van der Waals surface area contributed by atoms with Gasteiger partial charge in [0.15, 0.2) is 0 Å². The highest BCUT2D eigenvalue weighted by atomic mass is 16.5. The third kappa shape index (κ3) is 2.68. The molecule has 0 saturated carbocycles. The summed E-state index contributed by atoms with van der Waals surface area (Å²) in [7, 11) is 1.73. The number of likely N-dealkylation sites (tertiary alicyclic amines) is 1. The normalized spacial score (nSPS) is 25.4. The van der Waals surface area contributed by atoms with E-state index in [0.717, 1.165) is 19.5 Å². The van der Waals surface area contributed by atoms with E-state index in [1.54, 1.807) is 7.11 Å². The van der Waals surface area contributed by atoms with Gasteiger partial charge in [0.25, 0.3) is 0 Å². The Bertz CT molecular complexity index is 367. The van der Waals surface area contributed by atoms with Crippen LogP contribution in [0, 0.1) is 0 Å². The van der Waals surface area contributed by atoms with Crippen LogP contribution in [0.2, 0.25) is 0 Å². The van der Waals surface area contributed by atoms with Gasteiger partial charge in [0, 0.05) is 25.7 Å². The minimum Gasteiger partial charge on any atom is -0.380 e. The maximum absolute atomic E-state index is 6.23. The second-order valence-electron chi connectivity index (χ2n) is 4.70. The van der Waals surface area contributed by atoms with Crippen molar-refractivity contribution in [3.05, 3.63) is 35.4 Å². The lowest BCUT2D eigenvalue weighted by molar-refractivity contribution is 0.184. The second kappa shape index (κ2) is 5.63. The number of ether oxygens (including phenoxy) is 1. The van der Waals surface area contributed by atoms with Crippen LogP contribution >= 0.6 is 0 Å². The number of benzene rings is 1. The molecule has 0 bridgehead atoms. The van der Waals surface area contributed by atoms with Crippen LogP contribution in [0.4, 0.5) is 0 Å². The first-order valence-electron chi connectivity index (χ1n) is 6.33. The Labute approximate surface area is 104 Å². The van der Waals surface area contributed by atoms with E-state index < -0.39 is 0 Å². The van der Waals surface area contributed by atoms with Gasteiger partial charge in [-0.1, -0.05) is 31.2 Å². The zero-order valence-corrected chi connectivity index (χ0v) is 10.7. The fraction of sp³-hybridized carbons (Fsp3) is 0.571. The number of methoxy groups -OCH3 is 1. The van der Waals surface area contributed by atoms with E-state index >= 15 is 0 Å². The number of hydrogen-bond acceptors (Lipinski definition) is 3. The van der Waals surface area contributed by atoms with E-state index in [2.05, 4.69) is 36.1 Å². The van der Waals surface area contributed by atoms with Gasteiger partial charge in [-0.15, -0.1) is 0 Å². The van der Waals surface area contributed by atoms with E-state index in [-0.39, 0.29) is 6.04 Å². The van der Waals surface area contributed by atoms with Crippen LogP contribution in [-0.2, 0) is 11.3 Å². The highest BCUT2D eigenvalue weighted by Gasteiger charge is 2.31. The van der Waals surface area contributed by atoms with E-state index in [0.29, 0.717) is 12.6 Å². The van der Waals surface area contributed by atoms with Crippen LogP contribution in [0.5, 0.6) is 0 Å². The fourth-order valence-electron chi connectivity index (χ4n) is 2.73. The standard InChI is InChI=1S/C14H22N2O/c1-3-16-8-7-13(15)14(16)12-6-4-5-11(9-12)10-17-2/h4-6,9,13-14H,3,7-8,10,15H2,1-2H3. The molecule has 0 amide bonds. The quantitative estimate of drug-likeness (QED) is 0.865. The predicted octanol–water partition coefficient (Wildman–Crippen LogP) is 1.93. The van der Waals surface area contributed by atoms with Crippen LogP contribution in [0.15, 0.2) is 24.3 Å².